The molecule has 0 unspecified atom stereocenters. The molecule has 2 N–H and O–H groups in total. The van der Waals surface area contributed by atoms with Crippen LogP contribution in [0.1, 0.15) is 20.8 Å². The van der Waals surface area contributed by atoms with Crippen LogP contribution in [-0.4, -0.2) is 60.4 Å². The molecule has 7 heteroatoms. The molecule has 2 rings (SSSR count). The third-order valence-corrected chi connectivity index (χ3v) is 3.61. The predicted octanol–water partition coefficient (Wildman–Crippen LogP) is 2.24. The maximum Gasteiger partial charge on any atom is 0.412 e. The molecule has 0 atom stereocenters. The number of piperazine rings is 1. The maximum atomic E-state index is 11.7. The van der Waals surface area contributed by atoms with Crippen molar-refractivity contribution in [2.45, 2.75) is 26.4 Å². The number of hydrogen-bond acceptors (Lipinski definition) is 5. The number of carbonyl (C=O) groups is 2. The van der Waals surface area contributed by atoms with Gasteiger partial charge in [0, 0.05) is 37.6 Å². The number of carboxylic acids is 1. The lowest BCUT2D eigenvalue weighted by Crippen LogP contribution is -2.47. The summed E-state index contributed by atoms with van der Waals surface area (Å²) >= 11 is 0. The summed E-state index contributed by atoms with van der Waals surface area (Å²) in [6.07, 6.45) is -0.475. The number of carbonyl (C=O) groups excluding carboxylic acids is 1. The van der Waals surface area contributed by atoms with Crippen molar-refractivity contribution in [3.05, 3.63) is 24.3 Å². The van der Waals surface area contributed by atoms with E-state index in [9.17, 15) is 9.59 Å². The van der Waals surface area contributed by atoms with Gasteiger partial charge < -0.3 is 14.7 Å². The van der Waals surface area contributed by atoms with E-state index in [1.54, 1.807) is 0 Å². The summed E-state index contributed by atoms with van der Waals surface area (Å²) in [5, 5.41) is 11.5. The number of nitrogens with one attached hydrogen (secondary N) is 1. The Balaban J connectivity index is 1.86. The fourth-order valence-corrected chi connectivity index (χ4v) is 2.53. The first-order chi connectivity index (χ1) is 11.2. The van der Waals surface area contributed by atoms with Crippen LogP contribution in [0.2, 0.25) is 0 Å². The lowest BCUT2D eigenvalue weighted by molar-refractivity contribution is -0.138. The molecule has 1 aliphatic heterocycles. The number of carboxylic acid groups (broad SMARTS) is 1. The standard InChI is InChI=1S/C17H25N3O4/c1-17(2,3)24-16(23)18-13-4-6-14(7-5-13)20-10-8-19(9-11-20)12-15(21)22/h4-7H,8-12H2,1-3H3,(H,18,23)(H,21,22). The van der Waals surface area contributed by atoms with Gasteiger partial charge in [0.15, 0.2) is 0 Å². The lowest BCUT2D eigenvalue weighted by Gasteiger charge is -2.35. The van der Waals surface area contributed by atoms with Crippen LogP contribution in [0, 0.1) is 0 Å². The van der Waals surface area contributed by atoms with E-state index in [-0.39, 0.29) is 6.54 Å². The first-order valence-electron chi connectivity index (χ1n) is 8.02. The second-order valence-corrected chi connectivity index (χ2v) is 6.83. The van der Waals surface area contributed by atoms with E-state index in [1.807, 2.05) is 49.9 Å². The number of rotatable bonds is 4. The van der Waals surface area contributed by atoms with Gasteiger partial charge >= 0.3 is 12.1 Å². The maximum absolute atomic E-state index is 11.7. The van der Waals surface area contributed by atoms with E-state index >= 15 is 0 Å². The Hall–Kier alpha value is -2.28. The van der Waals surface area contributed by atoms with E-state index in [4.69, 9.17) is 9.84 Å². The zero-order chi connectivity index (χ0) is 17.7. The molecule has 0 saturated carbocycles. The third-order valence-electron chi connectivity index (χ3n) is 3.61. The number of anilines is 2. The first-order valence-corrected chi connectivity index (χ1v) is 8.02. The Labute approximate surface area is 142 Å². The summed E-state index contributed by atoms with van der Waals surface area (Å²) in [5.74, 6) is -0.791. The number of nitrogens with zero attached hydrogens (tertiary/aromatic N) is 2. The Morgan fingerprint density at radius 3 is 2.21 bits per heavy atom. The minimum Gasteiger partial charge on any atom is -0.480 e. The quantitative estimate of drug-likeness (QED) is 0.878. The molecule has 1 aromatic carbocycles. The van der Waals surface area contributed by atoms with Gasteiger partial charge in [-0.1, -0.05) is 0 Å². The highest BCUT2D eigenvalue weighted by Crippen LogP contribution is 2.20. The predicted molar refractivity (Wildman–Crippen MR) is 92.6 cm³/mol. The fourth-order valence-electron chi connectivity index (χ4n) is 2.53. The second kappa shape index (κ2) is 7.53. The van der Waals surface area contributed by atoms with Gasteiger partial charge in [0.2, 0.25) is 0 Å². The fraction of sp³-hybridized carbons (Fsp3) is 0.529. The Morgan fingerprint density at radius 1 is 1.12 bits per heavy atom. The molecule has 1 saturated heterocycles. The van der Waals surface area contributed by atoms with Crippen molar-refractivity contribution in [3.8, 4) is 0 Å². The van der Waals surface area contributed by atoms with Gasteiger partial charge in [0.25, 0.3) is 0 Å². The van der Waals surface area contributed by atoms with Gasteiger partial charge in [0.05, 0.1) is 6.54 Å². The Morgan fingerprint density at radius 2 is 1.71 bits per heavy atom. The van der Waals surface area contributed by atoms with Crippen molar-refractivity contribution < 1.29 is 19.4 Å². The molecule has 1 aliphatic rings. The topological polar surface area (TPSA) is 82.1 Å². The highest BCUT2D eigenvalue weighted by Gasteiger charge is 2.19. The molecule has 1 heterocycles. The average molecular weight is 335 g/mol. The van der Waals surface area contributed by atoms with Crippen LogP contribution in [0.15, 0.2) is 24.3 Å². The summed E-state index contributed by atoms with van der Waals surface area (Å²) in [5.41, 5.74) is 1.21. The van der Waals surface area contributed by atoms with Crippen LogP contribution in [0.25, 0.3) is 0 Å². The van der Waals surface area contributed by atoms with E-state index in [0.29, 0.717) is 5.69 Å². The average Bonchev–Trinajstić information content (AvgIpc) is 2.46. The van der Waals surface area contributed by atoms with Crippen LogP contribution in [0.5, 0.6) is 0 Å². The molecule has 0 spiro atoms. The minimum absolute atomic E-state index is 0.0899. The Bertz CT molecular complexity index is 572. The zero-order valence-corrected chi connectivity index (χ0v) is 14.4. The molecule has 132 valence electrons. The molecule has 0 aliphatic carbocycles. The van der Waals surface area contributed by atoms with Crippen LogP contribution in [0.4, 0.5) is 16.2 Å². The molecule has 7 nitrogen and oxygen atoms in total. The summed E-state index contributed by atoms with van der Waals surface area (Å²) in [7, 11) is 0. The number of hydrogen-bond donors (Lipinski definition) is 2. The van der Waals surface area contributed by atoms with Gasteiger partial charge in [-0.3, -0.25) is 15.0 Å². The van der Waals surface area contributed by atoms with Gasteiger partial charge in [-0.2, -0.15) is 0 Å². The van der Waals surface area contributed by atoms with Gasteiger partial charge in [-0.05, 0) is 45.0 Å². The van der Waals surface area contributed by atoms with Crippen LogP contribution >= 0.6 is 0 Å². The summed E-state index contributed by atoms with van der Waals surface area (Å²) in [4.78, 5) is 26.6. The van der Waals surface area contributed by atoms with Crippen molar-refractivity contribution in [2.24, 2.45) is 0 Å². The van der Waals surface area contributed by atoms with Crippen molar-refractivity contribution in [1.82, 2.24) is 4.90 Å². The van der Waals surface area contributed by atoms with E-state index in [0.717, 1.165) is 31.9 Å². The third kappa shape index (κ3) is 5.73. The zero-order valence-electron chi connectivity index (χ0n) is 14.4. The van der Waals surface area contributed by atoms with Crippen LogP contribution in [0.3, 0.4) is 0 Å². The minimum atomic E-state index is -0.791. The van der Waals surface area contributed by atoms with E-state index in [1.165, 1.54) is 0 Å². The molecule has 24 heavy (non-hydrogen) atoms. The smallest absolute Gasteiger partial charge is 0.412 e. The SMILES string of the molecule is CC(C)(C)OC(=O)Nc1ccc(N2CCN(CC(=O)O)CC2)cc1. The molecule has 0 bridgehead atoms. The van der Waals surface area contributed by atoms with Crippen molar-refractivity contribution >= 4 is 23.4 Å². The summed E-state index contributed by atoms with van der Waals surface area (Å²) in [6.45, 7) is 8.57. The molecule has 0 aromatic heterocycles. The van der Waals surface area contributed by atoms with E-state index in [2.05, 4.69) is 10.2 Å². The monoisotopic (exact) mass is 335 g/mol. The second-order valence-electron chi connectivity index (χ2n) is 6.83. The number of ether oxygens (including phenoxy) is 1. The highest BCUT2D eigenvalue weighted by molar-refractivity contribution is 5.85. The molecule has 0 radical (unpaired) electrons. The van der Waals surface area contributed by atoms with Crippen LogP contribution in [-0.2, 0) is 9.53 Å². The van der Waals surface area contributed by atoms with Crippen molar-refractivity contribution in [2.75, 3.05) is 42.9 Å². The largest absolute Gasteiger partial charge is 0.480 e. The molecule has 1 amide bonds. The first kappa shape index (κ1) is 18.1. The normalized spacial score (nSPS) is 15.9. The van der Waals surface area contributed by atoms with Crippen molar-refractivity contribution in [1.29, 1.82) is 0 Å². The summed E-state index contributed by atoms with van der Waals surface area (Å²) in [6, 6.07) is 7.56. The van der Waals surface area contributed by atoms with Crippen molar-refractivity contribution in [3.63, 3.8) is 0 Å². The number of benzene rings is 1. The molecule has 1 aromatic rings. The number of aliphatic carboxylic acids is 1. The van der Waals surface area contributed by atoms with E-state index < -0.39 is 17.7 Å². The van der Waals surface area contributed by atoms with Gasteiger partial charge in [-0.25, -0.2) is 4.79 Å². The van der Waals surface area contributed by atoms with Gasteiger partial charge in [-0.15, -0.1) is 0 Å². The molecule has 1 fully saturated rings. The Kier molecular flexibility index (Phi) is 5.66. The van der Waals surface area contributed by atoms with Crippen LogP contribution < -0.4 is 10.2 Å². The van der Waals surface area contributed by atoms with Gasteiger partial charge in [0.1, 0.15) is 5.60 Å². The molecular formula is C17H25N3O4. The lowest BCUT2D eigenvalue weighted by atomic mass is 10.2. The summed E-state index contributed by atoms with van der Waals surface area (Å²) < 4.78 is 5.22. The number of amides is 1. The highest BCUT2D eigenvalue weighted by atomic mass is 16.6. The molecular weight excluding hydrogens is 310 g/mol.